The van der Waals surface area contributed by atoms with Crippen LogP contribution in [0.5, 0.6) is 0 Å². The molecule has 2 aromatic heterocycles. The van der Waals surface area contributed by atoms with E-state index in [9.17, 15) is 4.79 Å². The lowest BCUT2D eigenvalue weighted by molar-refractivity contribution is 0.0773. The van der Waals surface area contributed by atoms with Gasteiger partial charge in [-0.25, -0.2) is 9.97 Å². The highest BCUT2D eigenvalue weighted by Gasteiger charge is 2.55. The molecule has 0 aromatic carbocycles. The molecule has 0 unspecified atom stereocenters. The summed E-state index contributed by atoms with van der Waals surface area (Å²) in [7, 11) is 0. The topological polar surface area (TPSA) is 85.0 Å². The number of aromatic nitrogens is 4. The first kappa shape index (κ1) is 14.3. The zero-order chi connectivity index (χ0) is 16.0. The van der Waals surface area contributed by atoms with Crippen LogP contribution in [0.1, 0.15) is 47.0 Å². The van der Waals surface area contributed by atoms with Gasteiger partial charge in [-0.3, -0.25) is 4.79 Å². The summed E-state index contributed by atoms with van der Waals surface area (Å²) in [5.74, 6) is 1.72. The fraction of sp³-hybridized carbons (Fsp3) is 0.562. The van der Waals surface area contributed by atoms with Crippen LogP contribution >= 0.6 is 0 Å². The molecule has 0 radical (unpaired) electrons. The van der Waals surface area contributed by atoms with Crippen LogP contribution in [-0.2, 0) is 5.41 Å². The third-order valence-corrected chi connectivity index (χ3v) is 5.25. The van der Waals surface area contributed by atoms with Gasteiger partial charge < -0.3 is 9.42 Å². The minimum absolute atomic E-state index is 0.00638. The van der Waals surface area contributed by atoms with Gasteiger partial charge in [0.25, 0.3) is 5.91 Å². The number of rotatable bonds is 2. The Morgan fingerprint density at radius 1 is 1.43 bits per heavy atom. The van der Waals surface area contributed by atoms with Crippen molar-refractivity contribution in [1.82, 2.24) is 25.0 Å². The van der Waals surface area contributed by atoms with Gasteiger partial charge in [-0.2, -0.15) is 4.98 Å². The van der Waals surface area contributed by atoms with E-state index in [4.69, 9.17) is 4.52 Å². The molecule has 3 heterocycles. The van der Waals surface area contributed by atoms with Crippen LogP contribution in [-0.4, -0.2) is 44.0 Å². The standard InChI is InChI=1S/C16H19N5O2/c1-10-13(6-17-9-18-10)14(22)21-7-12-4-3-5-16(12,8-21)15-19-11(2)20-23-15/h6,9,12H,3-5,7-8H2,1-2H3/t12-,16-/m0/s1. The predicted octanol–water partition coefficient (Wildman–Crippen LogP) is 1.67. The second kappa shape index (κ2) is 5.11. The van der Waals surface area contributed by atoms with E-state index in [0.29, 0.717) is 35.4 Å². The SMILES string of the molecule is Cc1noc([C@]23CCC[C@H]2CN(C(=O)c2cncnc2C)C3)n1. The van der Waals surface area contributed by atoms with E-state index >= 15 is 0 Å². The zero-order valence-corrected chi connectivity index (χ0v) is 13.3. The van der Waals surface area contributed by atoms with E-state index in [1.54, 1.807) is 6.20 Å². The summed E-state index contributed by atoms with van der Waals surface area (Å²) in [4.78, 5) is 27.3. The molecule has 2 aliphatic rings. The fourth-order valence-electron chi connectivity index (χ4n) is 4.06. The molecule has 0 bridgehead atoms. The van der Waals surface area contributed by atoms with Crippen molar-refractivity contribution in [2.24, 2.45) is 5.92 Å². The Hall–Kier alpha value is -2.31. The van der Waals surface area contributed by atoms with Crippen molar-refractivity contribution in [3.05, 3.63) is 35.5 Å². The number of hydrogen-bond donors (Lipinski definition) is 0. The molecule has 1 amide bonds. The van der Waals surface area contributed by atoms with E-state index in [1.807, 2.05) is 18.7 Å². The van der Waals surface area contributed by atoms with Crippen LogP contribution in [0.3, 0.4) is 0 Å². The first-order valence-electron chi connectivity index (χ1n) is 7.97. The maximum absolute atomic E-state index is 12.9. The molecule has 4 rings (SSSR count). The van der Waals surface area contributed by atoms with Crippen LogP contribution in [0.25, 0.3) is 0 Å². The molecular weight excluding hydrogens is 294 g/mol. The van der Waals surface area contributed by atoms with Gasteiger partial charge >= 0.3 is 0 Å². The molecule has 1 saturated heterocycles. The second-order valence-corrected chi connectivity index (χ2v) is 6.60. The van der Waals surface area contributed by atoms with Crippen LogP contribution in [0.4, 0.5) is 0 Å². The largest absolute Gasteiger partial charge is 0.339 e. The van der Waals surface area contributed by atoms with Crippen LogP contribution in [0.2, 0.25) is 0 Å². The van der Waals surface area contributed by atoms with Crippen molar-refractivity contribution in [2.75, 3.05) is 13.1 Å². The number of carbonyl (C=O) groups excluding carboxylic acids is 1. The molecule has 2 aromatic rings. The lowest BCUT2D eigenvalue weighted by atomic mass is 9.80. The minimum atomic E-state index is -0.180. The van der Waals surface area contributed by atoms with Gasteiger partial charge in [-0.1, -0.05) is 11.6 Å². The summed E-state index contributed by atoms with van der Waals surface area (Å²) in [6.45, 7) is 5.03. The van der Waals surface area contributed by atoms with Gasteiger partial charge in [-0.15, -0.1) is 0 Å². The van der Waals surface area contributed by atoms with Crippen molar-refractivity contribution >= 4 is 5.91 Å². The number of carbonyl (C=O) groups is 1. The Morgan fingerprint density at radius 3 is 3.04 bits per heavy atom. The summed E-state index contributed by atoms with van der Waals surface area (Å²) >= 11 is 0. The van der Waals surface area contributed by atoms with Gasteiger partial charge in [0.2, 0.25) is 5.89 Å². The molecule has 1 saturated carbocycles. The monoisotopic (exact) mass is 313 g/mol. The maximum Gasteiger partial charge on any atom is 0.257 e. The Bertz CT molecular complexity index is 758. The highest BCUT2D eigenvalue weighted by molar-refractivity contribution is 5.95. The van der Waals surface area contributed by atoms with E-state index in [-0.39, 0.29) is 11.3 Å². The molecular formula is C16H19N5O2. The average Bonchev–Trinajstić information content (AvgIpc) is 3.20. The van der Waals surface area contributed by atoms with Gasteiger partial charge in [-0.05, 0) is 32.6 Å². The summed E-state index contributed by atoms with van der Waals surface area (Å²) in [5.41, 5.74) is 1.11. The lowest BCUT2D eigenvalue weighted by Crippen LogP contribution is -2.35. The number of likely N-dealkylation sites (tertiary alicyclic amines) is 1. The van der Waals surface area contributed by atoms with Gasteiger partial charge in [0.1, 0.15) is 6.33 Å². The Balaban J connectivity index is 1.65. The highest BCUT2D eigenvalue weighted by atomic mass is 16.5. The van der Waals surface area contributed by atoms with Gasteiger partial charge in [0.05, 0.1) is 16.7 Å². The summed E-state index contributed by atoms with van der Waals surface area (Å²) in [6.07, 6.45) is 6.29. The average molecular weight is 313 g/mol. The molecule has 23 heavy (non-hydrogen) atoms. The van der Waals surface area contributed by atoms with E-state index in [2.05, 4.69) is 20.1 Å². The van der Waals surface area contributed by atoms with Crippen molar-refractivity contribution in [2.45, 2.75) is 38.5 Å². The highest BCUT2D eigenvalue weighted by Crippen LogP contribution is 2.50. The molecule has 1 aliphatic heterocycles. The molecule has 120 valence electrons. The first-order valence-corrected chi connectivity index (χ1v) is 7.97. The number of hydrogen-bond acceptors (Lipinski definition) is 6. The fourth-order valence-corrected chi connectivity index (χ4v) is 4.06. The summed E-state index contributed by atoms with van der Waals surface area (Å²) in [6, 6.07) is 0. The Kier molecular flexibility index (Phi) is 3.18. The van der Waals surface area contributed by atoms with E-state index < -0.39 is 0 Å². The molecule has 0 spiro atoms. The number of nitrogens with zero attached hydrogens (tertiary/aromatic N) is 5. The number of aryl methyl sites for hydroxylation is 2. The quantitative estimate of drug-likeness (QED) is 0.838. The molecule has 7 heteroatoms. The molecule has 7 nitrogen and oxygen atoms in total. The van der Waals surface area contributed by atoms with Crippen molar-refractivity contribution in [1.29, 1.82) is 0 Å². The first-order chi connectivity index (χ1) is 11.1. The van der Waals surface area contributed by atoms with Gasteiger partial charge in [0.15, 0.2) is 5.82 Å². The van der Waals surface area contributed by atoms with Crippen LogP contribution in [0, 0.1) is 19.8 Å². The van der Waals surface area contributed by atoms with Crippen LogP contribution < -0.4 is 0 Å². The molecule has 2 atom stereocenters. The van der Waals surface area contributed by atoms with E-state index in [0.717, 1.165) is 25.8 Å². The molecule has 1 aliphatic carbocycles. The van der Waals surface area contributed by atoms with E-state index in [1.165, 1.54) is 6.33 Å². The normalized spacial score (nSPS) is 26.5. The second-order valence-electron chi connectivity index (χ2n) is 6.60. The third-order valence-electron chi connectivity index (χ3n) is 5.25. The maximum atomic E-state index is 12.9. The lowest BCUT2D eigenvalue weighted by Gasteiger charge is -2.24. The number of amides is 1. The van der Waals surface area contributed by atoms with Crippen LogP contribution in [0.15, 0.2) is 17.0 Å². The molecule has 0 N–H and O–H groups in total. The minimum Gasteiger partial charge on any atom is -0.339 e. The Labute approximate surface area is 134 Å². The number of fused-ring (bicyclic) bond motifs is 1. The van der Waals surface area contributed by atoms with Crippen molar-refractivity contribution < 1.29 is 9.32 Å². The zero-order valence-electron chi connectivity index (χ0n) is 13.3. The molecule has 2 fully saturated rings. The summed E-state index contributed by atoms with van der Waals surface area (Å²) < 4.78 is 5.49. The predicted molar refractivity (Wildman–Crippen MR) is 80.7 cm³/mol. The van der Waals surface area contributed by atoms with Crippen molar-refractivity contribution in [3.63, 3.8) is 0 Å². The smallest absolute Gasteiger partial charge is 0.257 e. The van der Waals surface area contributed by atoms with Gasteiger partial charge in [0, 0.05) is 19.3 Å². The Morgan fingerprint density at radius 2 is 2.30 bits per heavy atom. The third kappa shape index (κ3) is 2.14. The summed E-state index contributed by atoms with van der Waals surface area (Å²) in [5, 5.41) is 3.95. The van der Waals surface area contributed by atoms with Crippen molar-refractivity contribution in [3.8, 4) is 0 Å².